The number of carboxylic acid groups (broad SMARTS) is 1. The highest BCUT2D eigenvalue weighted by atomic mass is 32.2. The Morgan fingerprint density at radius 3 is 1.73 bits per heavy atom. The highest BCUT2D eigenvalue weighted by molar-refractivity contribution is 7.98. The number of aliphatic carboxylic acids is 1. The smallest absolute Gasteiger partial charge is 0.326 e. The average molecular weight is 856 g/mol. The van der Waals surface area contributed by atoms with E-state index in [1.165, 1.54) is 11.8 Å². The normalized spacial score (nSPS) is 15.0. The van der Waals surface area contributed by atoms with Crippen molar-refractivity contribution >= 4 is 59.1 Å². The molecule has 22 nitrogen and oxygen atoms in total. The van der Waals surface area contributed by atoms with Crippen molar-refractivity contribution in [3.63, 3.8) is 0 Å². The lowest BCUT2D eigenvalue weighted by Gasteiger charge is -2.28. The highest BCUT2D eigenvalue weighted by Gasteiger charge is 2.35. The van der Waals surface area contributed by atoms with E-state index >= 15 is 0 Å². The number of aliphatic hydroxyl groups excluding tert-OH is 3. The molecule has 0 aromatic heterocycles. The number of carbonyl (C=O) groups excluding carboxylic acids is 6. The third-order valence-corrected chi connectivity index (χ3v) is 9.36. The molecule has 1 rings (SSSR count). The second-order valence-corrected chi connectivity index (χ2v) is 14.5. The molecule has 8 atom stereocenters. The minimum absolute atomic E-state index is 0.0188. The summed E-state index contributed by atoms with van der Waals surface area (Å²) in [5, 5.41) is 53.9. The van der Waals surface area contributed by atoms with Crippen LogP contribution in [0.3, 0.4) is 0 Å². The number of hydrogen-bond acceptors (Lipinski definition) is 14. The Morgan fingerprint density at radius 1 is 0.695 bits per heavy atom. The fraction of sp³-hybridized carbons (Fsp3) is 0.611. The van der Waals surface area contributed by atoms with Gasteiger partial charge in [-0.05, 0) is 69.6 Å². The van der Waals surface area contributed by atoms with E-state index in [2.05, 4.69) is 36.9 Å². The Labute approximate surface area is 346 Å². The first kappa shape index (κ1) is 51.9. The predicted octanol–water partition coefficient (Wildman–Crippen LogP) is -5.15. The van der Waals surface area contributed by atoms with E-state index in [4.69, 9.17) is 22.9 Å². The summed E-state index contributed by atoms with van der Waals surface area (Å²) in [6.07, 6.45) is 1.53. The van der Waals surface area contributed by atoms with E-state index in [1.54, 1.807) is 30.3 Å². The minimum Gasteiger partial charge on any atom is -0.480 e. The van der Waals surface area contributed by atoms with E-state index < -0.39 is 103 Å². The first-order valence-corrected chi connectivity index (χ1v) is 20.4. The van der Waals surface area contributed by atoms with Crippen LogP contribution in [0, 0.1) is 0 Å². The number of benzene rings is 1. The number of unbranched alkanes of at least 4 members (excludes halogenated alkanes) is 1. The van der Waals surface area contributed by atoms with Crippen molar-refractivity contribution in [2.45, 2.75) is 100 Å². The molecule has 6 amide bonds. The second-order valence-electron chi connectivity index (χ2n) is 13.5. The fourth-order valence-electron chi connectivity index (χ4n) is 5.36. The second kappa shape index (κ2) is 28.4. The molecule has 1 aromatic rings. The molecule has 332 valence electrons. The molecule has 1 aromatic carbocycles. The molecule has 18 N–H and O–H groups in total. The maximum absolute atomic E-state index is 13.8. The monoisotopic (exact) mass is 855 g/mol. The average Bonchev–Trinajstić information content (AvgIpc) is 3.19. The maximum atomic E-state index is 13.8. The lowest BCUT2D eigenvalue weighted by atomic mass is 10.0. The summed E-state index contributed by atoms with van der Waals surface area (Å²) < 4.78 is 0. The molecular weight excluding hydrogens is 795 g/mol. The zero-order chi connectivity index (χ0) is 44.5. The lowest BCUT2D eigenvalue weighted by molar-refractivity contribution is -0.143. The van der Waals surface area contributed by atoms with Crippen molar-refractivity contribution in [2.24, 2.45) is 27.9 Å². The van der Waals surface area contributed by atoms with Gasteiger partial charge in [-0.2, -0.15) is 11.8 Å². The van der Waals surface area contributed by atoms with Crippen molar-refractivity contribution in [1.29, 1.82) is 0 Å². The predicted molar refractivity (Wildman–Crippen MR) is 219 cm³/mol. The first-order chi connectivity index (χ1) is 28.0. The van der Waals surface area contributed by atoms with E-state index in [-0.39, 0.29) is 38.2 Å². The summed E-state index contributed by atoms with van der Waals surface area (Å²) in [6, 6.07) is -1.39. The van der Waals surface area contributed by atoms with Crippen LogP contribution in [0.15, 0.2) is 35.3 Å². The van der Waals surface area contributed by atoms with Crippen molar-refractivity contribution in [1.82, 2.24) is 31.9 Å². The van der Waals surface area contributed by atoms with Gasteiger partial charge in [0.1, 0.15) is 36.3 Å². The van der Waals surface area contributed by atoms with Crippen LogP contribution in [0.2, 0.25) is 0 Å². The molecule has 0 aliphatic carbocycles. The van der Waals surface area contributed by atoms with Crippen LogP contribution in [0.4, 0.5) is 0 Å². The van der Waals surface area contributed by atoms with Gasteiger partial charge >= 0.3 is 5.97 Å². The molecule has 59 heavy (non-hydrogen) atoms. The van der Waals surface area contributed by atoms with E-state index in [0.717, 1.165) is 6.92 Å². The number of thioether (sulfide) groups is 1. The number of aliphatic hydroxyl groups is 3. The third kappa shape index (κ3) is 20.0. The largest absolute Gasteiger partial charge is 0.480 e. The Hall–Kier alpha value is -5.07. The van der Waals surface area contributed by atoms with Crippen molar-refractivity contribution in [3.05, 3.63) is 35.9 Å². The number of nitrogens with two attached hydrogens (primary N) is 4. The molecule has 0 unspecified atom stereocenters. The Kier molecular flexibility index (Phi) is 25.0. The molecule has 0 aliphatic rings. The summed E-state index contributed by atoms with van der Waals surface area (Å²) in [4.78, 5) is 95.3. The van der Waals surface area contributed by atoms with Crippen molar-refractivity contribution in [3.8, 4) is 0 Å². The first-order valence-electron chi connectivity index (χ1n) is 19.0. The number of carboxylic acids is 1. The van der Waals surface area contributed by atoms with E-state index in [0.29, 0.717) is 37.1 Å². The lowest BCUT2D eigenvalue weighted by Crippen LogP contribution is -2.62. The number of guanidine groups is 1. The molecule has 0 saturated carbocycles. The van der Waals surface area contributed by atoms with Crippen molar-refractivity contribution in [2.75, 3.05) is 38.3 Å². The van der Waals surface area contributed by atoms with Crippen LogP contribution in [0.1, 0.15) is 51.0 Å². The molecule has 0 fully saturated rings. The number of hydrogen-bond donors (Lipinski definition) is 14. The molecular formula is C36H61N11O11S. The molecule has 0 aliphatic heterocycles. The molecule has 0 saturated heterocycles. The quantitative estimate of drug-likeness (QED) is 0.0204. The van der Waals surface area contributed by atoms with E-state index in [1.807, 2.05) is 6.26 Å². The topological polar surface area (TPSA) is 389 Å². The Morgan fingerprint density at radius 2 is 1.20 bits per heavy atom. The number of carbonyl (C=O) groups is 7. The number of nitrogens with zero attached hydrogens (tertiary/aromatic N) is 1. The van der Waals surface area contributed by atoms with Gasteiger partial charge in [0.15, 0.2) is 5.96 Å². The van der Waals surface area contributed by atoms with E-state index in [9.17, 15) is 54.0 Å². The number of rotatable bonds is 29. The van der Waals surface area contributed by atoms with Crippen LogP contribution in [-0.2, 0) is 40.0 Å². The number of nitrogens with one attached hydrogen (secondary N) is 6. The van der Waals surface area contributed by atoms with Crippen molar-refractivity contribution < 1.29 is 54.0 Å². The van der Waals surface area contributed by atoms with Gasteiger partial charge in [-0.1, -0.05) is 30.3 Å². The number of amides is 6. The minimum atomic E-state index is -1.79. The molecule has 23 heteroatoms. The molecule has 0 radical (unpaired) electrons. The summed E-state index contributed by atoms with van der Waals surface area (Å²) in [6.45, 7) is -0.542. The molecule has 0 heterocycles. The highest BCUT2D eigenvalue weighted by Crippen LogP contribution is 2.09. The van der Waals surface area contributed by atoms with Gasteiger partial charge in [0, 0.05) is 13.0 Å². The third-order valence-electron chi connectivity index (χ3n) is 8.72. The summed E-state index contributed by atoms with van der Waals surface area (Å²) >= 11 is 1.49. The Balaban J connectivity index is 3.24. The van der Waals surface area contributed by atoms with Gasteiger partial charge in [-0.15, -0.1) is 0 Å². The molecule has 0 spiro atoms. The Bertz CT molecular complexity index is 1540. The van der Waals surface area contributed by atoms with Crippen LogP contribution < -0.4 is 54.8 Å². The standard InChI is InChI=1S/C36H61N11O11S/c1-20(50)28(34(56)46-27(19-49)33(55)45-26(18-48)32(54)43-24(35(57)58)11-6-7-14-37)47-30(52)23(12-8-15-41-36(39)40)42-31(53)25(17-21-9-4-3-5-10-21)44-29(51)22(38)13-16-59-2/h3-5,9-10,20,22-28,48-50H,6-8,11-19,37-38H2,1-2H3,(H,42,53)(H,43,54)(H,44,51)(H,45,55)(H,46,56)(H,47,52)(H,57,58)(H4,39,40,41)/t20-,22+,23+,24+,25+,26+,27+,28+/m1/s1. The van der Waals surface area contributed by atoms with Gasteiger partial charge in [0.25, 0.3) is 0 Å². The SMILES string of the molecule is CSCC[C@H](N)C(=O)N[C@@H](Cc1ccccc1)C(=O)N[C@@H](CCCN=C(N)N)C(=O)N[C@H](C(=O)N[C@@H](CO)C(=O)N[C@@H](CO)C(=O)N[C@@H](CCCCN)C(=O)O)[C@@H](C)O. The molecule has 0 bridgehead atoms. The fourth-order valence-corrected chi connectivity index (χ4v) is 5.85. The van der Waals surface area contributed by atoms with Gasteiger partial charge in [0.2, 0.25) is 35.4 Å². The van der Waals surface area contributed by atoms with Gasteiger partial charge in [-0.25, -0.2) is 4.79 Å². The summed E-state index contributed by atoms with van der Waals surface area (Å²) in [5.41, 5.74) is 23.0. The van der Waals surface area contributed by atoms with Crippen LogP contribution in [0.25, 0.3) is 0 Å². The number of aliphatic imine (C=N–C) groups is 1. The zero-order valence-electron chi connectivity index (χ0n) is 33.3. The van der Waals surface area contributed by atoms with Gasteiger partial charge < -0.3 is 75.3 Å². The van der Waals surface area contributed by atoms with Gasteiger partial charge in [-0.3, -0.25) is 33.8 Å². The zero-order valence-corrected chi connectivity index (χ0v) is 34.1. The maximum Gasteiger partial charge on any atom is 0.326 e. The summed E-state index contributed by atoms with van der Waals surface area (Å²) in [7, 11) is 0. The van der Waals surface area contributed by atoms with Crippen LogP contribution in [-0.4, -0.2) is 155 Å². The van der Waals surface area contributed by atoms with Gasteiger partial charge in [0.05, 0.1) is 25.4 Å². The van der Waals surface area contributed by atoms with Crippen LogP contribution in [0.5, 0.6) is 0 Å². The van der Waals surface area contributed by atoms with Crippen LogP contribution >= 0.6 is 11.8 Å². The summed E-state index contributed by atoms with van der Waals surface area (Å²) in [5.74, 6) is -6.73.